The molecule has 1 amide bonds. The molecule has 1 fully saturated rings. The van der Waals surface area contributed by atoms with Gasteiger partial charge >= 0.3 is 0 Å². The number of Topliss-reactive ketones (excluding diaryl/α,β-unsaturated/α-hetero) is 1. The average molecular weight is 486 g/mol. The largest absolute Gasteiger partial charge is 0.507 e. The number of nitrogens with zero attached hydrogens (tertiary/aromatic N) is 1. The first-order valence-electron chi connectivity index (χ1n) is 12.0. The van der Waals surface area contributed by atoms with Crippen molar-refractivity contribution in [2.24, 2.45) is 0 Å². The maximum absolute atomic E-state index is 13.4. The highest BCUT2D eigenvalue weighted by molar-refractivity contribution is 6.51. The van der Waals surface area contributed by atoms with E-state index in [1.807, 2.05) is 64.1 Å². The minimum Gasteiger partial charge on any atom is -0.507 e. The summed E-state index contributed by atoms with van der Waals surface area (Å²) in [4.78, 5) is 28.2. The molecule has 186 valence electrons. The Bertz CT molecular complexity index is 1290. The standard InChI is InChI=1S/C30H31NO5/c1-18(2)24-17-21(11-16-25(24)35-5)28(32)26-27(20-9-7-6-8-10-20)31(30(34)29(26)33)22-12-14-23(15-13-22)36-19(3)4/h6-19,27,32H,1-5H3/b28-26-. The zero-order valence-electron chi connectivity index (χ0n) is 21.2. The third-order valence-electron chi connectivity index (χ3n) is 6.17. The molecule has 1 unspecified atom stereocenters. The van der Waals surface area contributed by atoms with Gasteiger partial charge in [0.15, 0.2) is 0 Å². The molecule has 0 spiro atoms. The molecular formula is C30H31NO5. The molecule has 0 aliphatic carbocycles. The lowest BCUT2D eigenvalue weighted by molar-refractivity contribution is -0.132. The van der Waals surface area contributed by atoms with Crippen molar-refractivity contribution in [3.05, 3.63) is 95.1 Å². The molecule has 1 saturated heterocycles. The van der Waals surface area contributed by atoms with Gasteiger partial charge < -0.3 is 14.6 Å². The highest BCUT2D eigenvalue weighted by atomic mass is 16.5. The van der Waals surface area contributed by atoms with Gasteiger partial charge in [-0.3, -0.25) is 14.5 Å². The van der Waals surface area contributed by atoms with Gasteiger partial charge in [0.05, 0.1) is 24.8 Å². The number of hydrogen-bond acceptors (Lipinski definition) is 5. The van der Waals surface area contributed by atoms with Crippen LogP contribution in [0.2, 0.25) is 0 Å². The summed E-state index contributed by atoms with van der Waals surface area (Å²) < 4.78 is 11.2. The molecule has 0 radical (unpaired) electrons. The number of benzene rings is 3. The molecule has 0 aromatic heterocycles. The van der Waals surface area contributed by atoms with Gasteiger partial charge in [0.25, 0.3) is 11.7 Å². The summed E-state index contributed by atoms with van der Waals surface area (Å²) in [5.41, 5.74) is 2.66. The zero-order valence-corrected chi connectivity index (χ0v) is 21.2. The molecule has 6 nitrogen and oxygen atoms in total. The highest BCUT2D eigenvalue weighted by Crippen LogP contribution is 2.43. The third-order valence-corrected chi connectivity index (χ3v) is 6.17. The van der Waals surface area contributed by atoms with Crippen molar-refractivity contribution in [1.29, 1.82) is 0 Å². The first-order valence-corrected chi connectivity index (χ1v) is 12.0. The summed E-state index contributed by atoms with van der Waals surface area (Å²) >= 11 is 0. The Labute approximate surface area is 211 Å². The van der Waals surface area contributed by atoms with Gasteiger partial charge in [0.1, 0.15) is 17.3 Å². The van der Waals surface area contributed by atoms with Crippen molar-refractivity contribution in [1.82, 2.24) is 0 Å². The molecular weight excluding hydrogens is 454 g/mol. The fraction of sp³-hybridized carbons (Fsp3) is 0.267. The summed E-state index contributed by atoms with van der Waals surface area (Å²) in [6.45, 7) is 7.92. The van der Waals surface area contributed by atoms with E-state index in [-0.39, 0.29) is 23.4 Å². The van der Waals surface area contributed by atoms with E-state index in [1.165, 1.54) is 4.90 Å². The highest BCUT2D eigenvalue weighted by Gasteiger charge is 2.47. The van der Waals surface area contributed by atoms with Crippen LogP contribution >= 0.6 is 0 Å². The minimum absolute atomic E-state index is 0.00891. The van der Waals surface area contributed by atoms with E-state index >= 15 is 0 Å². The molecule has 1 aliphatic rings. The maximum Gasteiger partial charge on any atom is 0.300 e. The van der Waals surface area contributed by atoms with Crippen molar-refractivity contribution >= 4 is 23.1 Å². The molecule has 36 heavy (non-hydrogen) atoms. The van der Waals surface area contributed by atoms with Crippen LogP contribution in [0.4, 0.5) is 5.69 Å². The third kappa shape index (κ3) is 4.71. The summed E-state index contributed by atoms with van der Waals surface area (Å²) in [6.07, 6.45) is 0.00891. The van der Waals surface area contributed by atoms with Gasteiger partial charge in [-0.2, -0.15) is 0 Å². The van der Waals surface area contributed by atoms with Crippen LogP contribution in [-0.2, 0) is 9.59 Å². The molecule has 3 aromatic rings. The zero-order chi connectivity index (χ0) is 26.0. The topological polar surface area (TPSA) is 76.1 Å². The van der Waals surface area contributed by atoms with Gasteiger partial charge in [0, 0.05) is 11.3 Å². The minimum atomic E-state index is -0.785. The Morgan fingerprint density at radius 2 is 1.58 bits per heavy atom. The molecule has 3 aromatic carbocycles. The number of carbonyl (C=O) groups is 2. The van der Waals surface area contributed by atoms with E-state index in [2.05, 4.69) is 0 Å². The summed E-state index contributed by atoms with van der Waals surface area (Å²) in [6, 6.07) is 20.8. The van der Waals surface area contributed by atoms with Crippen molar-refractivity contribution in [3.8, 4) is 11.5 Å². The fourth-order valence-electron chi connectivity index (χ4n) is 4.50. The van der Waals surface area contributed by atoms with Crippen molar-refractivity contribution < 1.29 is 24.2 Å². The number of ether oxygens (including phenoxy) is 2. The molecule has 1 atom stereocenters. The summed E-state index contributed by atoms with van der Waals surface area (Å²) in [5, 5.41) is 11.4. The first-order chi connectivity index (χ1) is 17.2. The normalized spacial score (nSPS) is 17.2. The Kier molecular flexibility index (Phi) is 7.15. The van der Waals surface area contributed by atoms with Crippen LogP contribution < -0.4 is 14.4 Å². The van der Waals surface area contributed by atoms with Crippen LogP contribution in [0.15, 0.2) is 78.4 Å². The van der Waals surface area contributed by atoms with E-state index in [9.17, 15) is 14.7 Å². The lowest BCUT2D eigenvalue weighted by atomic mass is 9.93. The Hall–Kier alpha value is -4.06. The number of aliphatic hydroxyl groups excluding tert-OH is 1. The van der Waals surface area contributed by atoms with E-state index in [4.69, 9.17) is 9.47 Å². The Morgan fingerprint density at radius 3 is 2.17 bits per heavy atom. The lowest BCUT2D eigenvalue weighted by Crippen LogP contribution is -2.29. The van der Waals surface area contributed by atoms with Crippen LogP contribution in [0.3, 0.4) is 0 Å². The van der Waals surface area contributed by atoms with Crippen LogP contribution in [0.5, 0.6) is 11.5 Å². The second kappa shape index (κ2) is 10.3. The predicted molar refractivity (Wildman–Crippen MR) is 141 cm³/mol. The van der Waals surface area contributed by atoms with E-state index in [1.54, 1.807) is 43.5 Å². The Morgan fingerprint density at radius 1 is 0.917 bits per heavy atom. The number of methoxy groups -OCH3 is 1. The van der Waals surface area contributed by atoms with Crippen LogP contribution in [0.25, 0.3) is 5.76 Å². The Balaban J connectivity index is 1.87. The van der Waals surface area contributed by atoms with Crippen LogP contribution in [0, 0.1) is 0 Å². The first kappa shape index (κ1) is 25.0. The molecule has 4 rings (SSSR count). The van der Waals surface area contributed by atoms with Gasteiger partial charge in [-0.05, 0) is 73.4 Å². The second-order valence-electron chi connectivity index (χ2n) is 9.35. The van der Waals surface area contributed by atoms with Gasteiger partial charge in [-0.25, -0.2) is 0 Å². The monoisotopic (exact) mass is 485 g/mol. The number of rotatable bonds is 7. The van der Waals surface area contributed by atoms with E-state index in [0.29, 0.717) is 22.7 Å². The summed E-state index contributed by atoms with van der Waals surface area (Å²) in [7, 11) is 1.60. The van der Waals surface area contributed by atoms with Gasteiger partial charge in [-0.1, -0.05) is 44.2 Å². The number of aliphatic hydroxyl groups is 1. The van der Waals surface area contributed by atoms with Gasteiger partial charge in [-0.15, -0.1) is 0 Å². The number of ketones is 1. The smallest absolute Gasteiger partial charge is 0.300 e. The molecule has 0 bridgehead atoms. The quantitative estimate of drug-likeness (QED) is 0.244. The molecule has 6 heteroatoms. The molecule has 1 aliphatic heterocycles. The average Bonchev–Trinajstić information content (AvgIpc) is 3.14. The number of hydrogen-bond donors (Lipinski definition) is 1. The van der Waals surface area contributed by atoms with E-state index in [0.717, 1.165) is 11.1 Å². The number of carbonyl (C=O) groups excluding carboxylic acids is 2. The maximum atomic E-state index is 13.4. The van der Waals surface area contributed by atoms with Crippen LogP contribution in [-0.4, -0.2) is 30.0 Å². The molecule has 0 saturated carbocycles. The number of anilines is 1. The van der Waals surface area contributed by atoms with Crippen molar-refractivity contribution in [2.45, 2.75) is 45.8 Å². The molecule has 1 N–H and O–H groups in total. The second-order valence-corrected chi connectivity index (χ2v) is 9.35. The lowest BCUT2D eigenvalue weighted by Gasteiger charge is -2.26. The van der Waals surface area contributed by atoms with Crippen LogP contribution in [0.1, 0.15) is 56.3 Å². The molecule has 1 heterocycles. The summed E-state index contributed by atoms with van der Waals surface area (Å²) in [5.74, 6) is -0.140. The SMILES string of the molecule is COc1ccc(/C(O)=C2/C(=O)C(=O)N(c3ccc(OC(C)C)cc3)C2c2ccccc2)cc1C(C)C. The van der Waals surface area contributed by atoms with Crippen molar-refractivity contribution in [2.75, 3.05) is 12.0 Å². The van der Waals surface area contributed by atoms with E-state index < -0.39 is 17.7 Å². The van der Waals surface area contributed by atoms with Gasteiger partial charge in [0.2, 0.25) is 0 Å². The van der Waals surface area contributed by atoms with Crippen molar-refractivity contribution in [3.63, 3.8) is 0 Å². The fourth-order valence-corrected chi connectivity index (χ4v) is 4.50. The predicted octanol–water partition coefficient (Wildman–Crippen LogP) is 6.23. The number of amides is 1.